The molecule has 0 heterocycles. The van der Waals surface area contributed by atoms with Gasteiger partial charge in [-0.3, -0.25) is 0 Å². The fourth-order valence-corrected chi connectivity index (χ4v) is 0.657. The van der Waals surface area contributed by atoms with Crippen LogP contribution >= 0.6 is 7.92 Å². The number of hydrogen-bond acceptors (Lipinski definition) is 5. The van der Waals surface area contributed by atoms with Crippen LogP contribution in [-0.4, -0.2) is 34.9 Å². The molecule has 0 aliphatic carbocycles. The molecule has 0 spiro atoms. The van der Waals surface area contributed by atoms with E-state index in [2.05, 4.69) is 16.9 Å². The minimum atomic E-state index is -1.11. The number of rotatable bonds is 4. The van der Waals surface area contributed by atoms with Crippen LogP contribution in [0.3, 0.4) is 0 Å². The van der Waals surface area contributed by atoms with E-state index in [-0.39, 0.29) is 6.61 Å². The monoisotopic (exact) mass is 260 g/mol. The maximum absolute atomic E-state index is 10.4. The van der Waals surface area contributed by atoms with Crippen molar-refractivity contribution in [3.05, 3.63) is 24.8 Å². The molecule has 0 fully saturated rings. The predicted octanol–water partition coefficient (Wildman–Crippen LogP) is 0.974. The van der Waals surface area contributed by atoms with Crippen molar-refractivity contribution in [2.75, 3.05) is 6.61 Å². The Labute approximate surface area is 99.7 Å². The maximum atomic E-state index is 10.4. The first-order valence-electron chi connectivity index (χ1n) is 4.38. The van der Waals surface area contributed by atoms with Gasteiger partial charge in [0.2, 0.25) is 0 Å². The van der Waals surface area contributed by atoms with E-state index in [0.29, 0.717) is 0 Å². The summed E-state index contributed by atoms with van der Waals surface area (Å²) in [7, 11) is -0.412. The van der Waals surface area contributed by atoms with Crippen molar-refractivity contribution in [1.82, 2.24) is 0 Å². The number of aliphatic hydroxyl groups excluding tert-OH is 1. The molecule has 7 heteroatoms. The van der Waals surface area contributed by atoms with Crippen molar-refractivity contribution in [3.8, 4) is 5.63 Å². The number of esters is 1. The molecule has 0 bridgehead atoms. The van der Waals surface area contributed by atoms with Crippen LogP contribution in [0.2, 0.25) is 0 Å². The average molecular weight is 260 g/mol. The molecular weight excluding hydrogens is 247 g/mol. The Kier molecular flexibility index (Phi) is 13.0. The van der Waals surface area contributed by atoms with Gasteiger partial charge in [0, 0.05) is 6.08 Å². The summed E-state index contributed by atoms with van der Waals surface area (Å²) >= 11 is 0. The fourth-order valence-electron chi connectivity index (χ4n) is 0.461. The second-order valence-electron chi connectivity index (χ2n) is 2.41. The zero-order chi connectivity index (χ0) is 13.7. The second-order valence-corrected chi connectivity index (χ2v) is 2.85. The first-order valence-corrected chi connectivity index (χ1v) is 5.19. The number of allylic oxidation sites excluding steroid dienone is 1. The van der Waals surface area contributed by atoms with Crippen LogP contribution in [0.1, 0.15) is 6.92 Å². The Hall–Kier alpha value is -1.61. The quantitative estimate of drug-likeness (QED) is 0.444. The van der Waals surface area contributed by atoms with E-state index >= 15 is 0 Å². The number of carbonyl (C=O) groups is 2. The van der Waals surface area contributed by atoms with Gasteiger partial charge < -0.3 is 5.11 Å². The Morgan fingerprint density at radius 1 is 1.59 bits per heavy atom. The van der Waals surface area contributed by atoms with E-state index in [0.717, 1.165) is 12.2 Å². The van der Waals surface area contributed by atoms with Crippen molar-refractivity contribution in [3.63, 3.8) is 0 Å². The number of hydrogen-bond donors (Lipinski definition) is 2. The van der Waals surface area contributed by atoms with Crippen molar-refractivity contribution in [1.29, 1.82) is 0 Å². The summed E-state index contributed by atoms with van der Waals surface area (Å²) < 4.78 is 14.2. The molecule has 0 aromatic carbocycles. The molecule has 0 rings (SSSR count). The van der Waals surface area contributed by atoms with Gasteiger partial charge in [-0.2, -0.15) is 0 Å². The molecule has 6 nitrogen and oxygen atoms in total. The van der Waals surface area contributed by atoms with Gasteiger partial charge in [-0.15, -0.1) is 0 Å². The summed E-state index contributed by atoms with van der Waals surface area (Å²) in [6.07, 6.45) is 2.42. The molecule has 1 atom stereocenters. The van der Waals surface area contributed by atoms with E-state index in [4.69, 9.17) is 10.2 Å². The van der Waals surface area contributed by atoms with Gasteiger partial charge in [0.05, 0.1) is 0 Å². The van der Waals surface area contributed by atoms with E-state index < -0.39 is 26.0 Å². The fraction of sp³-hybridized carbons (Fsp3) is 0.300. The number of carbonyl (C=O) groups excluding carboxylic acids is 1. The minimum Gasteiger partial charge on any atom is -0.478 e. The normalized spacial score (nSPS) is 10.5. The first kappa shape index (κ1) is 17.8. The van der Waals surface area contributed by atoms with Crippen LogP contribution in [0, 0.1) is 5.63 Å². The van der Waals surface area contributed by atoms with Gasteiger partial charge in [-0.1, -0.05) is 6.08 Å². The Bertz CT molecular complexity index is 381. The molecule has 0 aliphatic heterocycles. The Balaban J connectivity index is 0. The number of carboxylic acids is 1. The SMILES string of the molecule is C=CC(=O)OCC(O)C#P=O.CC=CC(=O)O. The Morgan fingerprint density at radius 3 is 2.47 bits per heavy atom. The van der Waals surface area contributed by atoms with Crippen LogP contribution < -0.4 is 0 Å². The third kappa shape index (κ3) is 17.0. The van der Waals surface area contributed by atoms with Gasteiger partial charge in [-0.05, 0) is 6.92 Å². The van der Waals surface area contributed by atoms with Crippen molar-refractivity contribution < 1.29 is 29.1 Å². The summed E-state index contributed by atoms with van der Waals surface area (Å²) in [6.45, 7) is 4.56. The van der Waals surface area contributed by atoms with Crippen LogP contribution in [-0.2, 0) is 18.9 Å². The molecule has 2 N–H and O–H groups in total. The maximum Gasteiger partial charge on any atom is 0.327 e. The molecule has 94 valence electrons. The summed E-state index contributed by atoms with van der Waals surface area (Å²) in [6, 6.07) is 0. The number of carboxylic acid groups (broad SMARTS) is 1. The zero-order valence-electron chi connectivity index (χ0n) is 9.20. The van der Waals surface area contributed by atoms with E-state index in [1.807, 2.05) is 0 Å². The van der Waals surface area contributed by atoms with Crippen molar-refractivity contribution >= 4 is 19.9 Å². The Morgan fingerprint density at radius 2 is 2.18 bits per heavy atom. The third-order valence-electron chi connectivity index (χ3n) is 1.06. The number of ether oxygens (including phenoxy) is 1. The third-order valence-corrected chi connectivity index (χ3v) is 1.46. The topological polar surface area (TPSA) is 101 Å². The summed E-state index contributed by atoms with van der Waals surface area (Å²) in [5.41, 5.74) is 2.09. The molecule has 1 unspecified atom stereocenters. The molecule has 0 aromatic heterocycles. The zero-order valence-corrected chi connectivity index (χ0v) is 10.1. The standard InChI is InChI=1S/C6H7O4P.C4H6O2/c1-2-6(8)10-3-5(7)4-11-9;1-2-3-4(5)6/h2,5,7H,1,3H2;2-3H,1H3,(H,5,6). The van der Waals surface area contributed by atoms with Crippen LogP contribution in [0.15, 0.2) is 24.8 Å². The second kappa shape index (κ2) is 12.5. The number of aliphatic hydroxyl groups is 1. The summed E-state index contributed by atoms with van der Waals surface area (Å²) in [4.78, 5) is 19.9. The smallest absolute Gasteiger partial charge is 0.327 e. The van der Waals surface area contributed by atoms with Crippen molar-refractivity contribution in [2.45, 2.75) is 13.0 Å². The number of aliphatic carboxylic acids is 1. The van der Waals surface area contributed by atoms with Gasteiger partial charge in [-0.25, -0.2) is 4.79 Å². The molecule has 0 saturated carbocycles. The van der Waals surface area contributed by atoms with Gasteiger partial charge in [0.1, 0.15) is 0 Å². The molecule has 17 heavy (non-hydrogen) atoms. The average Bonchev–Trinajstić information content (AvgIpc) is 2.27. The van der Waals surface area contributed by atoms with E-state index in [1.165, 1.54) is 6.08 Å². The van der Waals surface area contributed by atoms with Crippen LogP contribution in [0.25, 0.3) is 0 Å². The molecule has 0 saturated heterocycles. The van der Waals surface area contributed by atoms with Crippen molar-refractivity contribution in [2.24, 2.45) is 0 Å². The first-order chi connectivity index (χ1) is 7.97. The molecule has 0 radical (unpaired) electrons. The van der Waals surface area contributed by atoms with Gasteiger partial charge >= 0.3 is 70.0 Å². The molecular formula is C10H13O6P. The summed E-state index contributed by atoms with van der Waals surface area (Å²) in [5.74, 6) is -1.52. The largest absolute Gasteiger partial charge is 0.478 e. The van der Waals surface area contributed by atoms with Crippen LogP contribution in [0.5, 0.6) is 0 Å². The van der Waals surface area contributed by atoms with E-state index in [1.54, 1.807) is 6.92 Å². The predicted molar refractivity (Wildman–Crippen MR) is 61.1 cm³/mol. The van der Waals surface area contributed by atoms with Gasteiger partial charge in [0.15, 0.2) is 0 Å². The van der Waals surface area contributed by atoms with E-state index in [9.17, 15) is 14.2 Å². The molecule has 0 amide bonds. The molecule has 0 aliphatic rings. The summed E-state index contributed by atoms with van der Waals surface area (Å²) in [5, 5.41) is 16.6. The molecule has 0 aromatic rings. The van der Waals surface area contributed by atoms with Gasteiger partial charge in [0.25, 0.3) is 0 Å². The van der Waals surface area contributed by atoms with Crippen LogP contribution in [0.4, 0.5) is 0 Å². The minimum absolute atomic E-state index is 0.250.